The van der Waals surface area contributed by atoms with Crippen LogP contribution in [-0.2, 0) is 33.4 Å². The standard InChI is InChI=1S/C18H19NO7/c1-3-24-16(22)18(17(23)25-4-2)12-11(14(20)26-15(12)21)13(19-18)10-8-6-5-7-9-10/h5-9,11-13,19H,3-4H2,1-2H3/t11-,12-,13-/m0/s1. The van der Waals surface area contributed by atoms with E-state index in [9.17, 15) is 19.2 Å². The third-order valence-corrected chi connectivity index (χ3v) is 4.65. The highest BCUT2D eigenvalue weighted by Gasteiger charge is 2.72. The molecule has 0 unspecified atom stereocenters. The smallest absolute Gasteiger partial charge is 0.339 e. The van der Waals surface area contributed by atoms with E-state index in [0.717, 1.165) is 0 Å². The van der Waals surface area contributed by atoms with Crippen LogP contribution in [0.5, 0.6) is 0 Å². The van der Waals surface area contributed by atoms with Crippen molar-refractivity contribution >= 4 is 23.9 Å². The van der Waals surface area contributed by atoms with Crippen LogP contribution in [0.1, 0.15) is 25.5 Å². The molecule has 0 aliphatic carbocycles. The van der Waals surface area contributed by atoms with E-state index in [-0.39, 0.29) is 13.2 Å². The molecule has 0 aromatic heterocycles. The Hall–Kier alpha value is -2.74. The van der Waals surface area contributed by atoms with Gasteiger partial charge in [0, 0.05) is 6.04 Å². The number of benzene rings is 1. The van der Waals surface area contributed by atoms with Crippen LogP contribution in [0.25, 0.3) is 0 Å². The fourth-order valence-electron chi connectivity index (χ4n) is 3.61. The molecule has 2 fully saturated rings. The molecule has 8 heteroatoms. The molecule has 138 valence electrons. The lowest BCUT2D eigenvalue weighted by atomic mass is 9.79. The molecule has 1 aromatic carbocycles. The lowest BCUT2D eigenvalue weighted by molar-refractivity contribution is -0.172. The number of fused-ring (bicyclic) bond motifs is 1. The zero-order chi connectivity index (χ0) is 18.9. The van der Waals surface area contributed by atoms with Crippen molar-refractivity contribution in [2.24, 2.45) is 11.8 Å². The Morgan fingerprint density at radius 1 is 1.04 bits per heavy atom. The second-order valence-electron chi connectivity index (χ2n) is 6.03. The van der Waals surface area contributed by atoms with Gasteiger partial charge in [0.05, 0.1) is 19.1 Å². The molecule has 1 N–H and O–H groups in total. The van der Waals surface area contributed by atoms with Gasteiger partial charge in [-0.3, -0.25) is 14.9 Å². The average Bonchev–Trinajstić information content (AvgIpc) is 3.14. The first kappa shape index (κ1) is 18.1. The third kappa shape index (κ3) is 2.57. The van der Waals surface area contributed by atoms with E-state index in [2.05, 4.69) is 5.32 Å². The zero-order valence-electron chi connectivity index (χ0n) is 14.4. The number of carbonyl (C=O) groups excluding carboxylic acids is 4. The predicted molar refractivity (Wildman–Crippen MR) is 86.4 cm³/mol. The van der Waals surface area contributed by atoms with Gasteiger partial charge in [-0.2, -0.15) is 0 Å². The van der Waals surface area contributed by atoms with E-state index < -0.39 is 47.3 Å². The topological polar surface area (TPSA) is 108 Å². The number of hydrogen-bond donors (Lipinski definition) is 1. The van der Waals surface area contributed by atoms with E-state index in [0.29, 0.717) is 5.56 Å². The van der Waals surface area contributed by atoms with Crippen molar-refractivity contribution in [1.29, 1.82) is 0 Å². The summed E-state index contributed by atoms with van der Waals surface area (Å²) in [5.74, 6) is -6.02. The van der Waals surface area contributed by atoms with Gasteiger partial charge >= 0.3 is 23.9 Å². The van der Waals surface area contributed by atoms with Crippen molar-refractivity contribution in [3.8, 4) is 0 Å². The number of nitrogens with one attached hydrogen (secondary N) is 1. The van der Waals surface area contributed by atoms with E-state index in [1.165, 1.54) is 0 Å². The number of hydrogen-bond acceptors (Lipinski definition) is 8. The largest absolute Gasteiger partial charge is 0.464 e. The van der Waals surface area contributed by atoms with E-state index in [1.807, 2.05) is 0 Å². The van der Waals surface area contributed by atoms with Crippen molar-refractivity contribution in [2.75, 3.05) is 13.2 Å². The number of ether oxygens (including phenoxy) is 3. The van der Waals surface area contributed by atoms with Crippen molar-refractivity contribution in [2.45, 2.75) is 25.4 Å². The van der Waals surface area contributed by atoms with Gasteiger partial charge < -0.3 is 14.2 Å². The van der Waals surface area contributed by atoms with Crippen LogP contribution in [-0.4, -0.2) is 42.6 Å². The first-order valence-corrected chi connectivity index (χ1v) is 8.40. The van der Waals surface area contributed by atoms with Crippen molar-refractivity contribution in [1.82, 2.24) is 5.32 Å². The fourth-order valence-corrected chi connectivity index (χ4v) is 3.61. The molecule has 0 saturated carbocycles. The Kier molecular flexibility index (Phi) is 4.78. The number of carbonyl (C=O) groups is 4. The molecular formula is C18H19NO7. The summed E-state index contributed by atoms with van der Waals surface area (Å²) >= 11 is 0. The molecule has 2 heterocycles. The van der Waals surface area contributed by atoms with E-state index in [4.69, 9.17) is 14.2 Å². The van der Waals surface area contributed by atoms with Crippen LogP contribution in [0, 0.1) is 11.8 Å². The van der Waals surface area contributed by atoms with Crippen LogP contribution >= 0.6 is 0 Å². The van der Waals surface area contributed by atoms with Crippen LogP contribution in [0.2, 0.25) is 0 Å². The Morgan fingerprint density at radius 2 is 1.62 bits per heavy atom. The fraction of sp³-hybridized carbons (Fsp3) is 0.444. The Morgan fingerprint density at radius 3 is 2.15 bits per heavy atom. The molecule has 1 aromatic rings. The number of rotatable bonds is 5. The highest BCUT2D eigenvalue weighted by molar-refractivity contribution is 6.13. The summed E-state index contributed by atoms with van der Waals surface area (Å²) in [5, 5.41) is 2.88. The second-order valence-corrected chi connectivity index (χ2v) is 6.03. The quantitative estimate of drug-likeness (QED) is 0.459. The van der Waals surface area contributed by atoms with Crippen LogP contribution < -0.4 is 5.32 Å². The molecular weight excluding hydrogens is 342 g/mol. The van der Waals surface area contributed by atoms with Crippen molar-refractivity contribution in [3.05, 3.63) is 35.9 Å². The maximum absolute atomic E-state index is 12.8. The second kappa shape index (κ2) is 6.87. The van der Waals surface area contributed by atoms with Crippen LogP contribution in [0.4, 0.5) is 0 Å². The monoisotopic (exact) mass is 361 g/mol. The zero-order valence-corrected chi connectivity index (χ0v) is 14.4. The highest BCUT2D eigenvalue weighted by atomic mass is 16.6. The Balaban J connectivity index is 2.14. The lowest BCUT2D eigenvalue weighted by Crippen LogP contribution is -2.61. The molecule has 0 spiro atoms. The van der Waals surface area contributed by atoms with E-state index >= 15 is 0 Å². The Bertz CT molecular complexity index is 727. The molecule has 26 heavy (non-hydrogen) atoms. The summed E-state index contributed by atoms with van der Waals surface area (Å²) < 4.78 is 14.9. The highest BCUT2D eigenvalue weighted by Crippen LogP contribution is 2.48. The summed E-state index contributed by atoms with van der Waals surface area (Å²) in [5.41, 5.74) is -1.48. The molecule has 0 bridgehead atoms. The maximum Gasteiger partial charge on any atom is 0.339 e. The van der Waals surface area contributed by atoms with Gasteiger partial charge in [0.2, 0.25) is 5.54 Å². The molecule has 2 saturated heterocycles. The summed E-state index contributed by atoms with van der Waals surface area (Å²) in [6.07, 6.45) is 0. The minimum absolute atomic E-state index is 0.00193. The van der Waals surface area contributed by atoms with Crippen LogP contribution in [0.15, 0.2) is 30.3 Å². The van der Waals surface area contributed by atoms with Crippen LogP contribution in [0.3, 0.4) is 0 Å². The SMILES string of the molecule is CCOC(=O)C1(C(=O)OCC)N[C@@H](c2ccccc2)[C@H]2C(=O)OC(=O)[C@H]21. The average molecular weight is 361 g/mol. The number of cyclic esters (lactones) is 2. The van der Waals surface area contributed by atoms with E-state index in [1.54, 1.807) is 44.2 Å². The van der Waals surface area contributed by atoms with Gasteiger partial charge in [0.15, 0.2) is 0 Å². The van der Waals surface area contributed by atoms with Crippen molar-refractivity contribution < 1.29 is 33.4 Å². The summed E-state index contributed by atoms with van der Waals surface area (Å²) in [6.45, 7) is 3.15. The minimum atomic E-state index is -2.12. The molecule has 3 rings (SSSR count). The molecule has 0 radical (unpaired) electrons. The summed E-state index contributed by atoms with van der Waals surface area (Å²) in [6, 6.07) is 7.99. The number of esters is 4. The summed E-state index contributed by atoms with van der Waals surface area (Å²) in [7, 11) is 0. The van der Waals surface area contributed by atoms with Crippen molar-refractivity contribution in [3.63, 3.8) is 0 Å². The maximum atomic E-state index is 12.8. The first-order valence-electron chi connectivity index (χ1n) is 8.40. The predicted octanol–water partition coefficient (Wildman–Crippen LogP) is 0.512. The minimum Gasteiger partial charge on any atom is -0.464 e. The van der Waals surface area contributed by atoms with Gasteiger partial charge in [-0.25, -0.2) is 9.59 Å². The lowest BCUT2D eigenvalue weighted by Gasteiger charge is -2.28. The Labute approximate surface area is 149 Å². The molecule has 2 aliphatic rings. The molecule has 0 amide bonds. The van der Waals surface area contributed by atoms with Gasteiger partial charge in [-0.15, -0.1) is 0 Å². The van der Waals surface area contributed by atoms with Gasteiger partial charge in [0.25, 0.3) is 0 Å². The molecule has 8 nitrogen and oxygen atoms in total. The first-order chi connectivity index (χ1) is 12.5. The van der Waals surface area contributed by atoms with Gasteiger partial charge in [-0.05, 0) is 19.4 Å². The molecule has 3 atom stereocenters. The van der Waals surface area contributed by atoms with Gasteiger partial charge in [0.1, 0.15) is 5.92 Å². The summed E-state index contributed by atoms with van der Waals surface area (Å²) in [4.78, 5) is 50.2. The van der Waals surface area contributed by atoms with Gasteiger partial charge in [-0.1, -0.05) is 30.3 Å². The molecule has 2 aliphatic heterocycles. The normalized spacial score (nSPS) is 26.2. The third-order valence-electron chi connectivity index (χ3n) is 4.65.